The summed E-state index contributed by atoms with van der Waals surface area (Å²) in [4.78, 5) is 29.0. The van der Waals surface area contributed by atoms with Gasteiger partial charge in [-0.2, -0.15) is 0 Å². The Kier molecular flexibility index (Phi) is 5.23. The predicted molar refractivity (Wildman–Crippen MR) is 110 cm³/mol. The number of amides is 1. The van der Waals surface area contributed by atoms with Crippen LogP contribution in [0.4, 0.5) is 5.13 Å². The number of aliphatic carboxylic acids is 1. The van der Waals surface area contributed by atoms with Gasteiger partial charge in [0, 0.05) is 10.9 Å². The van der Waals surface area contributed by atoms with Gasteiger partial charge in [0.25, 0.3) is 0 Å². The SMILES string of the molecule is CC(C)Cc1ccc(-c2csc(NC(=O)[C@H]3[C@@H]4CC[C@@H](C4)[C@@H]3C(=O)O)n2)cc1. The van der Waals surface area contributed by atoms with E-state index in [-0.39, 0.29) is 17.7 Å². The molecule has 1 heterocycles. The molecule has 2 aromatic rings. The summed E-state index contributed by atoms with van der Waals surface area (Å²) < 4.78 is 0. The second-order valence-electron chi connectivity index (χ2n) is 8.55. The molecule has 0 saturated heterocycles. The van der Waals surface area contributed by atoms with Crippen molar-refractivity contribution >= 4 is 28.3 Å². The number of carboxylic acids is 1. The van der Waals surface area contributed by atoms with E-state index in [1.807, 2.05) is 5.38 Å². The number of carbonyl (C=O) groups excluding carboxylic acids is 1. The molecule has 5 nitrogen and oxygen atoms in total. The van der Waals surface area contributed by atoms with E-state index in [9.17, 15) is 14.7 Å². The Morgan fingerprint density at radius 2 is 1.86 bits per heavy atom. The molecule has 0 unspecified atom stereocenters. The maximum absolute atomic E-state index is 12.8. The molecule has 28 heavy (non-hydrogen) atoms. The summed E-state index contributed by atoms with van der Waals surface area (Å²) >= 11 is 1.39. The third-order valence-corrected chi connectivity index (χ3v) is 6.89. The van der Waals surface area contributed by atoms with Crippen LogP contribution in [-0.2, 0) is 16.0 Å². The first-order valence-electron chi connectivity index (χ1n) is 10.0. The average molecular weight is 399 g/mol. The second kappa shape index (κ2) is 7.66. The number of nitrogens with one attached hydrogen (secondary N) is 1. The Morgan fingerprint density at radius 3 is 2.50 bits per heavy atom. The smallest absolute Gasteiger partial charge is 0.307 e. The highest BCUT2D eigenvalue weighted by Gasteiger charge is 2.54. The molecule has 6 heteroatoms. The monoisotopic (exact) mass is 398 g/mol. The molecule has 2 aliphatic carbocycles. The Balaban J connectivity index is 1.45. The van der Waals surface area contributed by atoms with Crippen LogP contribution >= 0.6 is 11.3 Å². The van der Waals surface area contributed by atoms with Gasteiger partial charge in [-0.25, -0.2) is 4.98 Å². The molecule has 1 aromatic heterocycles. The zero-order valence-corrected chi connectivity index (χ0v) is 17.0. The lowest BCUT2D eigenvalue weighted by molar-refractivity contribution is -0.148. The number of nitrogens with zero attached hydrogens (tertiary/aromatic N) is 1. The molecule has 2 N–H and O–H groups in total. The predicted octanol–water partition coefficient (Wildman–Crippen LogP) is 4.69. The van der Waals surface area contributed by atoms with E-state index in [2.05, 4.69) is 48.4 Å². The van der Waals surface area contributed by atoms with Crippen molar-refractivity contribution in [1.29, 1.82) is 0 Å². The van der Waals surface area contributed by atoms with Crippen molar-refractivity contribution < 1.29 is 14.7 Å². The van der Waals surface area contributed by atoms with Crippen LogP contribution in [0.2, 0.25) is 0 Å². The standard InChI is InChI=1S/C22H26N2O3S/c1-12(2)9-13-3-5-14(6-4-13)17-11-28-22(23-17)24-20(25)18-15-7-8-16(10-15)19(18)21(26)27/h3-6,11-12,15-16,18-19H,7-10H2,1-2H3,(H,26,27)(H,23,24,25)/t15-,16+,18+,19+/m1/s1. The van der Waals surface area contributed by atoms with Crippen LogP contribution in [0.1, 0.15) is 38.7 Å². The van der Waals surface area contributed by atoms with Crippen LogP contribution < -0.4 is 5.32 Å². The largest absolute Gasteiger partial charge is 0.481 e. The summed E-state index contributed by atoms with van der Waals surface area (Å²) in [5.74, 6) is -1.05. The molecule has 4 rings (SSSR count). The van der Waals surface area contributed by atoms with Crippen molar-refractivity contribution in [2.24, 2.45) is 29.6 Å². The van der Waals surface area contributed by atoms with E-state index >= 15 is 0 Å². The van der Waals surface area contributed by atoms with Crippen LogP contribution in [0, 0.1) is 29.6 Å². The van der Waals surface area contributed by atoms with E-state index in [1.54, 1.807) is 0 Å². The van der Waals surface area contributed by atoms with Crippen LogP contribution in [0.15, 0.2) is 29.6 Å². The van der Waals surface area contributed by atoms with Crippen molar-refractivity contribution in [1.82, 2.24) is 4.98 Å². The topological polar surface area (TPSA) is 79.3 Å². The minimum Gasteiger partial charge on any atom is -0.481 e. The number of carbonyl (C=O) groups is 2. The van der Waals surface area contributed by atoms with Crippen molar-refractivity contribution in [3.05, 3.63) is 35.2 Å². The minimum atomic E-state index is -0.839. The molecule has 0 spiro atoms. The Bertz CT molecular complexity index is 874. The number of hydrogen-bond donors (Lipinski definition) is 2. The zero-order chi connectivity index (χ0) is 19.8. The average Bonchev–Trinajstić information content (AvgIpc) is 3.37. The van der Waals surface area contributed by atoms with E-state index < -0.39 is 17.8 Å². The number of benzene rings is 1. The summed E-state index contributed by atoms with van der Waals surface area (Å²) in [7, 11) is 0. The molecule has 2 aliphatic rings. The molecule has 1 amide bonds. The number of aromatic nitrogens is 1. The van der Waals surface area contributed by atoms with Crippen molar-refractivity contribution in [3.8, 4) is 11.3 Å². The lowest BCUT2D eigenvalue weighted by Gasteiger charge is -2.26. The summed E-state index contributed by atoms with van der Waals surface area (Å²) in [5.41, 5.74) is 3.16. The molecule has 2 saturated carbocycles. The highest BCUT2D eigenvalue weighted by Crippen LogP contribution is 2.52. The Hall–Kier alpha value is -2.21. The van der Waals surface area contributed by atoms with E-state index in [0.717, 1.165) is 36.9 Å². The highest BCUT2D eigenvalue weighted by molar-refractivity contribution is 7.14. The van der Waals surface area contributed by atoms with E-state index in [4.69, 9.17) is 0 Å². The molecular formula is C22H26N2O3S. The van der Waals surface area contributed by atoms with Gasteiger partial charge in [0.1, 0.15) is 0 Å². The second-order valence-corrected chi connectivity index (χ2v) is 9.40. The van der Waals surface area contributed by atoms with E-state index in [1.165, 1.54) is 16.9 Å². The molecular weight excluding hydrogens is 372 g/mol. The number of rotatable bonds is 6. The lowest BCUT2D eigenvalue weighted by atomic mass is 9.79. The third-order valence-electron chi connectivity index (χ3n) is 6.13. The highest BCUT2D eigenvalue weighted by atomic mass is 32.1. The van der Waals surface area contributed by atoms with Crippen LogP contribution in [0.5, 0.6) is 0 Å². The summed E-state index contributed by atoms with van der Waals surface area (Å²) in [5, 5.41) is 14.9. The molecule has 0 radical (unpaired) electrons. The number of carboxylic acid groups (broad SMARTS) is 1. The van der Waals surface area contributed by atoms with Crippen molar-refractivity contribution in [2.45, 2.75) is 39.5 Å². The first-order valence-corrected chi connectivity index (χ1v) is 10.9. The third kappa shape index (κ3) is 3.70. The Labute approximate surface area is 169 Å². The number of fused-ring (bicyclic) bond motifs is 2. The number of anilines is 1. The van der Waals surface area contributed by atoms with Gasteiger partial charge in [-0.1, -0.05) is 38.1 Å². The van der Waals surface area contributed by atoms with Crippen LogP contribution in [0.3, 0.4) is 0 Å². The van der Waals surface area contributed by atoms with Crippen molar-refractivity contribution in [2.75, 3.05) is 5.32 Å². The van der Waals surface area contributed by atoms with Gasteiger partial charge in [0.15, 0.2) is 5.13 Å². The number of thiazole rings is 1. The number of hydrogen-bond acceptors (Lipinski definition) is 4. The zero-order valence-electron chi connectivity index (χ0n) is 16.2. The van der Waals surface area contributed by atoms with Gasteiger partial charge < -0.3 is 10.4 Å². The van der Waals surface area contributed by atoms with Gasteiger partial charge in [-0.3, -0.25) is 9.59 Å². The van der Waals surface area contributed by atoms with Gasteiger partial charge >= 0.3 is 5.97 Å². The van der Waals surface area contributed by atoms with Crippen molar-refractivity contribution in [3.63, 3.8) is 0 Å². The first-order chi connectivity index (χ1) is 13.4. The maximum atomic E-state index is 12.8. The lowest BCUT2D eigenvalue weighted by Crippen LogP contribution is -2.37. The maximum Gasteiger partial charge on any atom is 0.307 e. The summed E-state index contributed by atoms with van der Waals surface area (Å²) in [6.07, 6.45) is 3.80. The van der Waals surface area contributed by atoms with Crippen LogP contribution in [-0.4, -0.2) is 22.0 Å². The molecule has 1 aromatic carbocycles. The normalized spacial score (nSPS) is 26.0. The molecule has 148 valence electrons. The van der Waals surface area contributed by atoms with Gasteiger partial charge in [0.2, 0.25) is 5.91 Å². The summed E-state index contributed by atoms with van der Waals surface area (Å²) in [6.45, 7) is 4.41. The van der Waals surface area contributed by atoms with Gasteiger partial charge in [-0.05, 0) is 49.0 Å². The minimum absolute atomic E-state index is 0.148. The van der Waals surface area contributed by atoms with Crippen LogP contribution in [0.25, 0.3) is 11.3 Å². The van der Waals surface area contributed by atoms with E-state index in [0.29, 0.717) is 11.0 Å². The quantitative estimate of drug-likeness (QED) is 0.739. The fraction of sp³-hybridized carbons (Fsp3) is 0.500. The fourth-order valence-electron chi connectivity index (χ4n) is 4.96. The fourth-order valence-corrected chi connectivity index (χ4v) is 5.68. The molecule has 0 aliphatic heterocycles. The van der Waals surface area contributed by atoms with Gasteiger partial charge in [0.05, 0.1) is 17.5 Å². The summed E-state index contributed by atoms with van der Waals surface area (Å²) in [6, 6.07) is 8.38. The molecule has 2 bridgehead atoms. The Morgan fingerprint density at radius 1 is 1.18 bits per heavy atom. The van der Waals surface area contributed by atoms with Gasteiger partial charge in [-0.15, -0.1) is 11.3 Å². The molecule has 2 fully saturated rings. The first kappa shape index (κ1) is 19.1. The molecule has 4 atom stereocenters.